The van der Waals surface area contributed by atoms with Crippen molar-refractivity contribution in [2.75, 3.05) is 23.5 Å². The Hall–Kier alpha value is -0.810. The highest BCUT2D eigenvalue weighted by molar-refractivity contribution is 7.99. The van der Waals surface area contributed by atoms with Crippen LogP contribution in [0.15, 0.2) is 6.07 Å². The van der Waals surface area contributed by atoms with Crippen molar-refractivity contribution in [2.45, 2.75) is 26.3 Å². The summed E-state index contributed by atoms with van der Waals surface area (Å²) in [5, 5.41) is 0. The fraction of sp³-hybridized carbons (Fsp3) is 0.538. The van der Waals surface area contributed by atoms with Crippen LogP contribution in [0, 0.1) is 13.8 Å². The highest BCUT2D eigenvalue weighted by Crippen LogP contribution is 2.29. The van der Waals surface area contributed by atoms with Gasteiger partial charge in [-0.3, -0.25) is 4.98 Å². The summed E-state index contributed by atoms with van der Waals surface area (Å²) in [5.41, 5.74) is 9.85. The largest absolute Gasteiger partial charge is 0.389 e. The molecule has 0 saturated carbocycles. The van der Waals surface area contributed by atoms with E-state index < -0.39 is 0 Å². The maximum absolute atomic E-state index is 5.86. The monoisotopic (exact) mass is 281 g/mol. The van der Waals surface area contributed by atoms with Crippen molar-refractivity contribution in [3.8, 4) is 0 Å². The second kappa shape index (κ2) is 5.45. The third kappa shape index (κ3) is 2.62. The predicted octanol–water partition coefficient (Wildman–Crippen LogP) is 2.27. The Kier molecular flexibility index (Phi) is 4.12. The molecule has 5 heteroatoms. The fourth-order valence-electron chi connectivity index (χ4n) is 2.41. The van der Waals surface area contributed by atoms with Crippen molar-refractivity contribution in [3.63, 3.8) is 0 Å². The van der Waals surface area contributed by atoms with E-state index >= 15 is 0 Å². The first kappa shape index (κ1) is 13.6. The first-order valence-corrected chi connectivity index (χ1v) is 7.65. The van der Waals surface area contributed by atoms with E-state index in [4.69, 9.17) is 18.0 Å². The number of thiocarbonyl (C=S) groups is 1. The number of aryl methyl sites for hydroxylation is 2. The summed E-state index contributed by atoms with van der Waals surface area (Å²) in [7, 11) is 2.13. The van der Waals surface area contributed by atoms with E-state index in [1.165, 1.54) is 17.9 Å². The molecule has 1 aliphatic rings. The maximum atomic E-state index is 5.86. The maximum Gasteiger partial charge on any atom is 0.107 e. The molecule has 3 nitrogen and oxygen atoms in total. The van der Waals surface area contributed by atoms with Crippen molar-refractivity contribution in [3.05, 3.63) is 23.0 Å². The van der Waals surface area contributed by atoms with Crippen molar-refractivity contribution < 1.29 is 0 Å². The molecule has 0 bridgehead atoms. The number of rotatable bonds is 3. The Bertz CT molecular complexity index is 468. The van der Waals surface area contributed by atoms with Crippen LogP contribution in [0.5, 0.6) is 0 Å². The summed E-state index contributed by atoms with van der Waals surface area (Å²) >= 11 is 7.19. The van der Waals surface area contributed by atoms with Gasteiger partial charge < -0.3 is 10.6 Å². The van der Waals surface area contributed by atoms with Gasteiger partial charge in [-0.1, -0.05) is 12.2 Å². The van der Waals surface area contributed by atoms with E-state index in [1.54, 1.807) is 0 Å². The number of pyridine rings is 1. The molecule has 98 valence electrons. The van der Waals surface area contributed by atoms with Crippen LogP contribution in [0.3, 0.4) is 0 Å². The van der Waals surface area contributed by atoms with Crippen LogP contribution in [-0.2, 0) is 0 Å². The number of hydrogen-bond donors (Lipinski definition) is 1. The van der Waals surface area contributed by atoms with E-state index in [9.17, 15) is 0 Å². The first-order valence-electron chi connectivity index (χ1n) is 6.09. The summed E-state index contributed by atoms with van der Waals surface area (Å²) in [6, 6.07) is 2.66. The van der Waals surface area contributed by atoms with E-state index in [1.807, 2.05) is 25.6 Å². The number of anilines is 1. The third-order valence-corrected chi connectivity index (χ3v) is 4.74. The molecule has 1 atom stereocenters. The molecule has 0 aromatic carbocycles. The van der Waals surface area contributed by atoms with Gasteiger partial charge in [0.05, 0.1) is 11.3 Å². The molecule has 0 spiro atoms. The SMILES string of the molecule is Cc1cc(N(C)C2CCSC2)c(C(N)=S)c(C)n1. The molecule has 0 radical (unpaired) electrons. The molecule has 2 rings (SSSR count). The Morgan fingerprint density at radius 1 is 1.56 bits per heavy atom. The second-order valence-electron chi connectivity index (χ2n) is 4.74. The van der Waals surface area contributed by atoms with E-state index in [0.29, 0.717) is 11.0 Å². The lowest BCUT2D eigenvalue weighted by Crippen LogP contribution is -2.33. The van der Waals surface area contributed by atoms with Gasteiger partial charge >= 0.3 is 0 Å². The molecule has 1 fully saturated rings. The average molecular weight is 281 g/mol. The van der Waals surface area contributed by atoms with Crippen LogP contribution in [-0.4, -0.2) is 34.6 Å². The molecular formula is C13H19N3S2. The summed E-state index contributed by atoms with van der Waals surface area (Å²) in [6.45, 7) is 3.99. The van der Waals surface area contributed by atoms with Gasteiger partial charge in [0.25, 0.3) is 0 Å². The fourth-order valence-corrected chi connectivity index (χ4v) is 3.94. The van der Waals surface area contributed by atoms with Gasteiger partial charge in [-0.2, -0.15) is 11.8 Å². The zero-order valence-corrected chi connectivity index (χ0v) is 12.7. The minimum Gasteiger partial charge on any atom is -0.389 e. The van der Waals surface area contributed by atoms with Crippen molar-refractivity contribution in [1.29, 1.82) is 0 Å². The number of nitrogens with zero attached hydrogens (tertiary/aromatic N) is 2. The molecule has 0 amide bonds. The highest BCUT2D eigenvalue weighted by Gasteiger charge is 2.23. The van der Waals surface area contributed by atoms with E-state index in [-0.39, 0.29) is 0 Å². The smallest absolute Gasteiger partial charge is 0.107 e. The van der Waals surface area contributed by atoms with E-state index in [0.717, 1.165) is 22.6 Å². The molecule has 1 aromatic rings. The van der Waals surface area contributed by atoms with Gasteiger partial charge in [-0.15, -0.1) is 0 Å². The van der Waals surface area contributed by atoms with Crippen LogP contribution < -0.4 is 10.6 Å². The zero-order chi connectivity index (χ0) is 13.3. The van der Waals surface area contributed by atoms with Gasteiger partial charge in [-0.05, 0) is 32.1 Å². The number of hydrogen-bond acceptors (Lipinski definition) is 4. The minimum atomic E-state index is 0.438. The normalized spacial score (nSPS) is 18.9. The summed E-state index contributed by atoms with van der Waals surface area (Å²) in [5.74, 6) is 2.41. The number of thioether (sulfide) groups is 1. The number of aromatic nitrogens is 1. The lowest BCUT2D eigenvalue weighted by Gasteiger charge is -2.29. The minimum absolute atomic E-state index is 0.438. The summed E-state index contributed by atoms with van der Waals surface area (Å²) < 4.78 is 0. The molecule has 1 saturated heterocycles. The molecule has 18 heavy (non-hydrogen) atoms. The van der Waals surface area contributed by atoms with E-state index in [2.05, 4.69) is 23.0 Å². The Morgan fingerprint density at radius 2 is 2.28 bits per heavy atom. The van der Waals surface area contributed by atoms with Gasteiger partial charge in [-0.25, -0.2) is 0 Å². The van der Waals surface area contributed by atoms with Gasteiger partial charge in [0.2, 0.25) is 0 Å². The van der Waals surface area contributed by atoms with Crippen molar-refractivity contribution in [1.82, 2.24) is 4.98 Å². The number of nitrogens with two attached hydrogens (primary N) is 1. The molecule has 1 aliphatic heterocycles. The zero-order valence-electron chi connectivity index (χ0n) is 11.1. The van der Waals surface area contributed by atoms with Crippen LogP contribution in [0.1, 0.15) is 23.4 Å². The Labute approximate surface area is 118 Å². The van der Waals surface area contributed by atoms with Crippen molar-refractivity contribution in [2.24, 2.45) is 5.73 Å². The first-order chi connectivity index (χ1) is 8.50. The summed E-state index contributed by atoms with van der Waals surface area (Å²) in [4.78, 5) is 7.22. The van der Waals surface area contributed by atoms with Crippen molar-refractivity contribution >= 4 is 34.7 Å². The molecule has 2 heterocycles. The molecule has 1 aromatic heterocycles. The molecule has 2 N–H and O–H groups in total. The van der Waals surface area contributed by atoms with Gasteiger partial charge in [0, 0.05) is 30.2 Å². The van der Waals surface area contributed by atoms with Crippen LogP contribution in [0.25, 0.3) is 0 Å². The van der Waals surface area contributed by atoms with Gasteiger partial charge in [0.15, 0.2) is 0 Å². The highest BCUT2D eigenvalue weighted by atomic mass is 32.2. The average Bonchev–Trinajstić information content (AvgIpc) is 2.79. The third-order valence-electron chi connectivity index (χ3n) is 3.39. The van der Waals surface area contributed by atoms with Crippen LogP contribution >= 0.6 is 24.0 Å². The summed E-state index contributed by atoms with van der Waals surface area (Å²) in [6.07, 6.45) is 1.22. The topological polar surface area (TPSA) is 42.1 Å². The Morgan fingerprint density at radius 3 is 2.83 bits per heavy atom. The second-order valence-corrected chi connectivity index (χ2v) is 6.33. The quantitative estimate of drug-likeness (QED) is 0.861. The molecular weight excluding hydrogens is 262 g/mol. The van der Waals surface area contributed by atoms with Crippen LogP contribution in [0.2, 0.25) is 0 Å². The van der Waals surface area contributed by atoms with Crippen LogP contribution in [0.4, 0.5) is 5.69 Å². The van der Waals surface area contributed by atoms with Gasteiger partial charge in [0.1, 0.15) is 4.99 Å². The predicted molar refractivity (Wildman–Crippen MR) is 83.7 cm³/mol. The molecule has 0 aliphatic carbocycles. The lowest BCUT2D eigenvalue weighted by molar-refractivity contribution is 0.698. The Balaban J connectivity index is 2.44. The standard InChI is InChI=1S/C13H19N3S2/c1-8-6-11(12(13(14)17)9(2)15-8)16(3)10-4-5-18-7-10/h6,10H,4-5,7H2,1-3H3,(H2,14,17). The molecule has 1 unspecified atom stereocenters. The lowest BCUT2D eigenvalue weighted by atomic mass is 10.1.